The molecule has 1 aliphatic rings. The maximum atomic E-state index is 5.55. The molecule has 18 heavy (non-hydrogen) atoms. The molecule has 1 heterocycles. The Balaban J connectivity index is 1.90. The topological polar surface area (TPSA) is 30.5 Å². The van der Waals surface area contributed by atoms with Crippen LogP contribution in [0.2, 0.25) is 0 Å². The van der Waals surface area contributed by atoms with Crippen LogP contribution in [0.3, 0.4) is 0 Å². The average molecular weight is 247 g/mol. The molecule has 98 valence electrons. The van der Waals surface area contributed by atoms with Crippen LogP contribution >= 0.6 is 0 Å². The summed E-state index contributed by atoms with van der Waals surface area (Å²) < 4.78 is 10.9. The summed E-state index contributed by atoms with van der Waals surface area (Å²) in [6.45, 7) is 3.01. The van der Waals surface area contributed by atoms with Gasteiger partial charge in [-0.2, -0.15) is 0 Å². The summed E-state index contributed by atoms with van der Waals surface area (Å²) in [5.74, 6) is 0.932. The van der Waals surface area contributed by atoms with Gasteiger partial charge in [-0.05, 0) is 31.9 Å². The number of methoxy groups -OCH3 is 1. The standard InChI is InChI=1S/C15H21NO2/c1-12(14-8-3-4-9-15(14)17-2)16-11-13-7-5-6-10-18-13/h3-4,6,8-10,12-13,16H,5,7,11H2,1-2H3/t12-,13?/m1/s1. The number of nitrogens with one attached hydrogen (secondary N) is 1. The van der Waals surface area contributed by atoms with Gasteiger partial charge in [-0.15, -0.1) is 0 Å². The van der Waals surface area contributed by atoms with Crippen LogP contribution in [0.1, 0.15) is 31.4 Å². The minimum atomic E-state index is 0.260. The summed E-state index contributed by atoms with van der Waals surface area (Å²) in [6, 6.07) is 8.38. The van der Waals surface area contributed by atoms with Gasteiger partial charge in [0.2, 0.25) is 0 Å². The molecule has 3 heteroatoms. The number of hydrogen-bond donors (Lipinski definition) is 1. The molecule has 1 aromatic carbocycles. The quantitative estimate of drug-likeness (QED) is 0.867. The number of hydrogen-bond acceptors (Lipinski definition) is 3. The number of para-hydroxylation sites is 1. The van der Waals surface area contributed by atoms with Crippen molar-refractivity contribution >= 4 is 0 Å². The van der Waals surface area contributed by atoms with Gasteiger partial charge in [0.1, 0.15) is 11.9 Å². The summed E-state index contributed by atoms with van der Waals surface area (Å²) in [4.78, 5) is 0. The van der Waals surface area contributed by atoms with Crippen molar-refractivity contribution in [3.05, 3.63) is 42.2 Å². The number of allylic oxidation sites excluding steroid dienone is 1. The molecule has 0 aromatic heterocycles. The van der Waals surface area contributed by atoms with Crippen LogP contribution in [0.15, 0.2) is 36.6 Å². The minimum absolute atomic E-state index is 0.260. The van der Waals surface area contributed by atoms with Crippen molar-refractivity contribution in [2.45, 2.75) is 31.9 Å². The van der Waals surface area contributed by atoms with Crippen LogP contribution in [-0.4, -0.2) is 19.8 Å². The third kappa shape index (κ3) is 3.26. The van der Waals surface area contributed by atoms with Crippen molar-refractivity contribution in [3.63, 3.8) is 0 Å². The lowest BCUT2D eigenvalue weighted by Gasteiger charge is -2.23. The van der Waals surface area contributed by atoms with Gasteiger partial charge >= 0.3 is 0 Å². The SMILES string of the molecule is COc1ccccc1[C@@H](C)NCC1CCC=CO1. The third-order valence-electron chi connectivity index (χ3n) is 3.28. The van der Waals surface area contributed by atoms with Gasteiger partial charge in [0, 0.05) is 18.2 Å². The highest BCUT2D eigenvalue weighted by atomic mass is 16.5. The van der Waals surface area contributed by atoms with E-state index in [4.69, 9.17) is 9.47 Å². The minimum Gasteiger partial charge on any atom is -0.497 e. The molecule has 2 atom stereocenters. The maximum Gasteiger partial charge on any atom is 0.123 e. The summed E-state index contributed by atoms with van der Waals surface area (Å²) in [6.07, 6.45) is 6.36. The summed E-state index contributed by atoms with van der Waals surface area (Å²) in [5.41, 5.74) is 1.19. The normalized spacial score (nSPS) is 20.2. The van der Waals surface area contributed by atoms with E-state index in [2.05, 4.69) is 24.4 Å². The Morgan fingerprint density at radius 3 is 3.00 bits per heavy atom. The predicted octanol–water partition coefficient (Wildman–Crippen LogP) is 3.04. The first-order chi connectivity index (χ1) is 8.81. The molecule has 0 saturated heterocycles. The molecule has 0 amide bonds. The van der Waals surface area contributed by atoms with Crippen LogP contribution in [0.5, 0.6) is 5.75 Å². The van der Waals surface area contributed by atoms with Crippen LogP contribution in [0.4, 0.5) is 0 Å². The van der Waals surface area contributed by atoms with E-state index in [1.54, 1.807) is 7.11 Å². The smallest absolute Gasteiger partial charge is 0.123 e. The van der Waals surface area contributed by atoms with Crippen LogP contribution in [0, 0.1) is 0 Å². The lowest BCUT2D eigenvalue weighted by atomic mass is 10.1. The highest BCUT2D eigenvalue weighted by Gasteiger charge is 2.14. The van der Waals surface area contributed by atoms with E-state index in [1.807, 2.05) is 24.5 Å². The molecule has 1 unspecified atom stereocenters. The van der Waals surface area contributed by atoms with E-state index < -0.39 is 0 Å². The molecule has 0 bridgehead atoms. The molecule has 2 rings (SSSR count). The maximum absolute atomic E-state index is 5.55. The van der Waals surface area contributed by atoms with Crippen molar-refractivity contribution in [1.82, 2.24) is 5.32 Å². The van der Waals surface area contributed by atoms with E-state index in [-0.39, 0.29) is 12.1 Å². The van der Waals surface area contributed by atoms with Crippen LogP contribution in [-0.2, 0) is 4.74 Å². The fraction of sp³-hybridized carbons (Fsp3) is 0.467. The van der Waals surface area contributed by atoms with Crippen molar-refractivity contribution in [1.29, 1.82) is 0 Å². The van der Waals surface area contributed by atoms with Gasteiger partial charge in [-0.25, -0.2) is 0 Å². The van der Waals surface area contributed by atoms with Gasteiger partial charge in [0.05, 0.1) is 13.4 Å². The van der Waals surface area contributed by atoms with E-state index in [0.717, 1.165) is 25.1 Å². The Kier molecular flexibility index (Phi) is 4.65. The zero-order valence-electron chi connectivity index (χ0n) is 11.1. The molecular formula is C15H21NO2. The Morgan fingerprint density at radius 1 is 1.44 bits per heavy atom. The molecular weight excluding hydrogens is 226 g/mol. The van der Waals surface area contributed by atoms with E-state index >= 15 is 0 Å². The first-order valence-corrected chi connectivity index (χ1v) is 6.48. The average Bonchev–Trinajstić information content (AvgIpc) is 2.45. The third-order valence-corrected chi connectivity index (χ3v) is 3.28. The molecule has 1 aliphatic heterocycles. The zero-order chi connectivity index (χ0) is 12.8. The molecule has 0 spiro atoms. The molecule has 3 nitrogen and oxygen atoms in total. The Bertz CT molecular complexity index is 403. The highest BCUT2D eigenvalue weighted by molar-refractivity contribution is 5.35. The summed E-state index contributed by atoms with van der Waals surface area (Å²) in [7, 11) is 1.71. The van der Waals surface area contributed by atoms with Crippen molar-refractivity contribution < 1.29 is 9.47 Å². The molecule has 1 aromatic rings. The van der Waals surface area contributed by atoms with Gasteiger partial charge in [-0.1, -0.05) is 18.2 Å². The Morgan fingerprint density at radius 2 is 2.28 bits per heavy atom. The monoisotopic (exact) mass is 247 g/mol. The first-order valence-electron chi connectivity index (χ1n) is 6.48. The number of benzene rings is 1. The lowest BCUT2D eigenvalue weighted by Crippen LogP contribution is -2.31. The molecule has 1 N–H and O–H groups in total. The number of ether oxygens (including phenoxy) is 2. The summed E-state index contributed by atoms with van der Waals surface area (Å²) >= 11 is 0. The Labute approximate surface area is 109 Å². The lowest BCUT2D eigenvalue weighted by molar-refractivity contribution is 0.119. The van der Waals surface area contributed by atoms with Crippen molar-refractivity contribution in [3.8, 4) is 5.75 Å². The first kappa shape index (κ1) is 13.0. The number of rotatable bonds is 5. The second kappa shape index (κ2) is 6.45. The van der Waals surface area contributed by atoms with Gasteiger partial charge < -0.3 is 14.8 Å². The van der Waals surface area contributed by atoms with Gasteiger partial charge in [0.15, 0.2) is 0 Å². The van der Waals surface area contributed by atoms with E-state index in [1.165, 1.54) is 5.56 Å². The fourth-order valence-electron chi connectivity index (χ4n) is 2.18. The highest BCUT2D eigenvalue weighted by Crippen LogP contribution is 2.24. The molecule has 0 fully saturated rings. The Hall–Kier alpha value is -1.48. The molecule has 0 saturated carbocycles. The largest absolute Gasteiger partial charge is 0.497 e. The van der Waals surface area contributed by atoms with E-state index in [9.17, 15) is 0 Å². The fourth-order valence-corrected chi connectivity index (χ4v) is 2.18. The van der Waals surface area contributed by atoms with Gasteiger partial charge in [0.25, 0.3) is 0 Å². The molecule has 0 radical (unpaired) electrons. The second-order valence-corrected chi connectivity index (χ2v) is 4.58. The zero-order valence-corrected chi connectivity index (χ0v) is 11.1. The van der Waals surface area contributed by atoms with Gasteiger partial charge in [-0.3, -0.25) is 0 Å². The summed E-state index contributed by atoms with van der Waals surface area (Å²) in [5, 5.41) is 3.50. The second-order valence-electron chi connectivity index (χ2n) is 4.58. The van der Waals surface area contributed by atoms with Crippen LogP contribution in [0.25, 0.3) is 0 Å². The van der Waals surface area contributed by atoms with Crippen LogP contribution < -0.4 is 10.1 Å². The predicted molar refractivity (Wildman–Crippen MR) is 72.7 cm³/mol. The molecule has 0 aliphatic carbocycles. The van der Waals surface area contributed by atoms with Crippen molar-refractivity contribution in [2.75, 3.05) is 13.7 Å². The van der Waals surface area contributed by atoms with E-state index in [0.29, 0.717) is 0 Å². The van der Waals surface area contributed by atoms with Crippen molar-refractivity contribution in [2.24, 2.45) is 0 Å².